The van der Waals surface area contributed by atoms with E-state index in [-0.39, 0.29) is 24.2 Å². The molecule has 1 unspecified atom stereocenters. The van der Waals surface area contributed by atoms with Crippen LogP contribution in [0.2, 0.25) is 0 Å². The SMILES string of the molecule is COc1ccc(CNC(=O)C2CC(=O)N(c3cccc(C(C)C)c3)C2)cc1OC. The minimum Gasteiger partial charge on any atom is -0.493 e. The van der Waals surface area contributed by atoms with Crippen molar-refractivity contribution in [2.24, 2.45) is 5.92 Å². The van der Waals surface area contributed by atoms with Gasteiger partial charge >= 0.3 is 0 Å². The number of benzene rings is 2. The highest BCUT2D eigenvalue weighted by molar-refractivity contribution is 6.00. The number of carbonyl (C=O) groups is 2. The molecule has 1 fully saturated rings. The Morgan fingerprint density at radius 1 is 1.14 bits per heavy atom. The van der Waals surface area contributed by atoms with Gasteiger partial charge in [-0.2, -0.15) is 0 Å². The number of amides is 2. The molecule has 1 N–H and O–H groups in total. The molecule has 0 aromatic heterocycles. The number of ether oxygens (including phenoxy) is 2. The van der Waals surface area contributed by atoms with E-state index in [1.165, 1.54) is 5.56 Å². The molecule has 2 aromatic rings. The summed E-state index contributed by atoms with van der Waals surface area (Å²) in [6.45, 7) is 5.01. The van der Waals surface area contributed by atoms with Crippen LogP contribution in [-0.2, 0) is 16.1 Å². The minimum atomic E-state index is -0.356. The number of anilines is 1. The van der Waals surface area contributed by atoms with Crippen LogP contribution in [0.3, 0.4) is 0 Å². The molecule has 6 heteroatoms. The van der Waals surface area contributed by atoms with E-state index in [2.05, 4.69) is 25.2 Å². The van der Waals surface area contributed by atoms with Gasteiger partial charge in [0.15, 0.2) is 11.5 Å². The molecule has 2 amide bonds. The molecule has 154 valence electrons. The Morgan fingerprint density at radius 3 is 2.59 bits per heavy atom. The van der Waals surface area contributed by atoms with Crippen LogP contribution in [0, 0.1) is 5.92 Å². The van der Waals surface area contributed by atoms with Crippen molar-refractivity contribution in [2.45, 2.75) is 32.7 Å². The summed E-state index contributed by atoms with van der Waals surface area (Å²) < 4.78 is 10.5. The van der Waals surface area contributed by atoms with E-state index in [1.807, 2.05) is 36.4 Å². The van der Waals surface area contributed by atoms with Crippen LogP contribution in [0.15, 0.2) is 42.5 Å². The third kappa shape index (κ3) is 4.70. The molecule has 2 aromatic carbocycles. The van der Waals surface area contributed by atoms with Gasteiger partial charge in [-0.1, -0.05) is 32.0 Å². The van der Waals surface area contributed by atoms with Gasteiger partial charge in [-0.25, -0.2) is 0 Å². The van der Waals surface area contributed by atoms with Gasteiger partial charge in [-0.15, -0.1) is 0 Å². The number of nitrogens with one attached hydrogen (secondary N) is 1. The quantitative estimate of drug-likeness (QED) is 0.778. The highest BCUT2D eigenvalue weighted by atomic mass is 16.5. The first kappa shape index (κ1) is 20.7. The number of methoxy groups -OCH3 is 2. The summed E-state index contributed by atoms with van der Waals surface area (Å²) in [5.41, 5.74) is 2.94. The highest BCUT2D eigenvalue weighted by Gasteiger charge is 2.35. The second kappa shape index (κ2) is 8.99. The molecular weight excluding hydrogens is 368 g/mol. The second-order valence-electron chi connectivity index (χ2n) is 7.56. The maximum atomic E-state index is 12.6. The molecule has 3 rings (SSSR count). The molecule has 1 saturated heterocycles. The van der Waals surface area contributed by atoms with Crippen molar-refractivity contribution in [3.05, 3.63) is 53.6 Å². The summed E-state index contributed by atoms with van der Waals surface area (Å²) in [5.74, 6) is 1.15. The summed E-state index contributed by atoms with van der Waals surface area (Å²) in [6.07, 6.45) is 0.226. The summed E-state index contributed by atoms with van der Waals surface area (Å²) >= 11 is 0. The third-order valence-electron chi connectivity index (χ3n) is 5.26. The van der Waals surface area contributed by atoms with Crippen molar-refractivity contribution in [3.63, 3.8) is 0 Å². The maximum absolute atomic E-state index is 12.6. The zero-order valence-corrected chi connectivity index (χ0v) is 17.4. The van der Waals surface area contributed by atoms with E-state index in [4.69, 9.17) is 9.47 Å². The molecule has 0 bridgehead atoms. The lowest BCUT2D eigenvalue weighted by Gasteiger charge is -2.18. The van der Waals surface area contributed by atoms with Gasteiger partial charge in [0.2, 0.25) is 11.8 Å². The largest absolute Gasteiger partial charge is 0.493 e. The van der Waals surface area contributed by atoms with E-state index in [1.54, 1.807) is 19.1 Å². The molecule has 0 spiro atoms. The summed E-state index contributed by atoms with van der Waals surface area (Å²) in [6, 6.07) is 13.5. The zero-order chi connectivity index (χ0) is 21.0. The Bertz CT molecular complexity index is 894. The van der Waals surface area contributed by atoms with E-state index < -0.39 is 0 Å². The number of rotatable bonds is 7. The summed E-state index contributed by atoms with van der Waals surface area (Å²) in [7, 11) is 3.16. The molecule has 1 atom stereocenters. The average molecular weight is 396 g/mol. The number of nitrogens with zero attached hydrogens (tertiary/aromatic N) is 1. The molecular formula is C23H28N2O4. The molecule has 0 radical (unpaired) electrons. The first-order valence-electron chi connectivity index (χ1n) is 9.82. The first-order chi connectivity index (χ1) is 13.9. The third-order valence-corrected chi connectivity index (χ3v) is 5.26. The molecule has 29 heavy (non-hydrogen) atoms. The van der Waals surface area contributed by atoms with Crippen LogP contribution in [0.4, 0.5) is 5.69 Å². The van der Waals surface area contributed by atoms with Crippen LogP contribution in [0.1, 0.15) is 37.3 Å². The monoisotopic (exact) mass is 396 g/mol. The van der Waals surface area contributed by atoms with Crippen molar-refractivity contribution in [1.29, 1.82) is 0 Å². The Morgan fingerprint density at radius 2 is 1.90 bits per heavy atom. The van der Waals surface area contributed by atoms with Gasteiger partial charge < -0.3 is 19.7 Å². The fourth-order valence-electron chi connectivity index (χ4n) is 3.51. The van der Waals surface area contributed by atoms with Gasteiger partial charge in [-0.3, -0.25) is 9.59 Å². The van der Waals surface area contributed by atoms with Crippen molar-refractivity contribution in [2.75, 3.05) is 25.7 Å². The Kier molecular flexibility index (Phi) is 6.42. The Labute approximate surface area is 171 Å². The molecule has 1 heterocycles. The normalized spacial score (nSPS) is 16.2. The van der Waals surface area contributed by atoms with Crippen LogP contribution in [0.5, 0.6) is 11.5 Å². The van der Waals surface area contributed by atoms with Crippen LogP contribution >= 0.6 is 0 Å². The predicted octanol–water partition coefficient (Wildman–Crippen LogP) is 3.50. The lowest BCUT2D eigenvalue weighted by atomic mass is 10.0. The van der Waals surface area contributed by atoms with Crippen LogP contribution in [-0.4, -0.2) is 32.6 Å². The molecule has 0 saturated carbocycles. The van der Waals surface area contributed by atoms with Gasteiger partial charge in [-0.05, 0) is 41.3 Å². The van der Waals surface area contributed by atoms with Gasteiger partial charge in [0.25, 0.3) is 0 Å². The van der Waals surface area contributed by atoms with E-state index in [9.17, 15) is 9.59 Å². The zero-order valence-electron chi connectivity index (χ0n) is 17.4. The van der Waals surface area contributed by atoms with Gasteiger partial charge in [0.1, 0.15) is 0 Å². The van der Waals surface area contributed by atoms with Crippen molar-refractivity contribution < 1.29 is 19.1 Å². The van der Waals surface area contributed by atoms with Crippen LogP contribution < -0.4 is 19.7 Å². The van der Waals surface area contributed by atoms with Gasteiger partial charge in [0, 0.05) is 25.2 Å². The van der Waals surface area contributed by atoms with Crippen molar-refractivity contribution in [1.82, 2.24) is 5.32 Å². The molecule has 1 aliphatic heterocycles. The van der Waals surface area contributed by atoms with E-state index >= 15 is 0 Å². The van der Waals surface area contributed by atoms with E-state index in [0.29, 0.717) is 30.5 Å². The smallest absolute Gasteiger partial charge is 0.227 e. The predicted molar refractivity (Wildman–Crippen MR) is 112 cm³/mol. The fourth-order valence-corrected chi connectivity index (χ4v) is 3.51. The lowest BCUT2D eigenvalue weighted by molar-refractivity contribution is -0.126. The highest BCUT2D eigenvalue weighted by Crippen LogP contribution is 2.29. The minimum absolute atomic E-state index is 0.0165. The van der Waals surface area contributed by atoms with Crippen molar-refractivity contribution >= 4 is 17.5 Å². The summed E-state index contributed by atoms with van der Waals surface area (Å²) in [4.78, 5) is 26.9. The standard InChI is InChI=1S/C23H28N2O4/c1-15(2)17-6-5-7-19(11-17)25-14-18(12-22(25)26)23(27)24-13-16-8-9-20(28-3)21(10-16)29-4/h5-11,15,18H,12-14H2,1-4H3,(H,24,27). The average Bonchev–Trinajstić information content (AvgIpc) is 3.13. The Balaban J connectivity index is 1.63. The number of carbonyl (C=O) groups excluding carboxylic acids is 2. The Hall–Kier alpha value is -3.02. The van der Waals surface area contributed by atoms with Crippen molar-refractivity contribution in [3.8, 4) is 11.5 Å². The lowest BCUT2D eigenvalue weighted by Crippen LogP contribution is -2.32. The number of hydrogen-bond acceptors (Lipinski definition) is 4. The molecule has 0 aliphatic carbocycles. The fraction of sp³-hybridized carbons (Fsp3) is 0.391. The molecule has 1 aliphatic rings. The first-order valence-corrected chi connectivity index (χ1v) is 9.82. The maximum Gasteiger partial charge on any atom is 0.227 e. The summed E-state index contributed by atoms with van der Waals surface area (Å²) in [5, 5.41) is 2.94. The second-order valence-corrected chi connectivity index (χ2v) is 7.56. The molecule has 6 nitrogen and oxygen atoms in total. The van der Waals surface area contributed by atoms with Gasteiger partial charge in [0.05, 0.1) is 20.1 Å². The van der Waals surface area contributed by atoms with Crippen LogP contribution in [0.25, 0.3) is 0 Å². The number of hydrogen-bond donors (Lipinski definition) is 1. The topological polar surface area (TPSA) is 67.9 Å². The van der Waals surface area contributed by atoms with E-state index in [0.717, 1.165) is 11.3 Å².